The largest absolute Gasteiger partial charge is 0.471 e. The lowest BCUT2D eigenvalue weighted by Gasteiger charge is -2.25. The summed E-state index contributed by atoms with van der Waals surface area (Å²) in [5.74, 6) is 0.456. The van der Waals surface area contributed by atoms with Crippen molar-refractivity contribution in [2.75, 3.05) is 18.0 Å². The monoisotopic (exact) mass is 440 g/mol. The molecule has 0 saturated carbocycles. The van der Waals surface area contributed by atoms with Crippen LogP contribution in [-0.4, -0.2) is 34.4 Å². The van der Waals surface area contributed by atoms with Crippen molar-refractivity contribution in [3.05, 3.63) is 76.0 Å². The van der Waals surface area contributed by atoms with Crippen LogP contribution in [0.2, 0.25) is 5.02 Å². The fraction of sp³-hybridized carbons (Fsp3) is 0.400. The third-order valence-electron chi connectivity index (χ3n) is 6.05. The minimum atomic E-state index is -0.674. The Balaban J connectivity index is 1.49. The molecule has 0 amide bonds. The smallest absolute Gasteiger partial charge is 0.232 e. The zero-order valence-corrected chi connectivity index (χ0v) is 18.6. The van der Waals surface area contributed by atoms with Gasteiger partial charge in [0.05, 0.1) is 13.2 Å². The van der Waals surface area contributed by atoms with Gasteiger partial charge in [-0.2, -0.15) is 0 Å². The molecule has 2 N–H and O–H groups in total. The van der Waals surface area contributed by atoms with Crippen LogP contribution in [0.4, 0.5) is 5.69 Å². The van der Waals surface area contributed by atoms with Crippen molar-refractivity contribution in [3.8, 4) is 5.88 Å². The summed E-state index contributed by atoms with van der Waals surface area (Å²) in [7, 11) is 0. The number of anilines is 1. The fourth-order valence-electron chi connectivity index (χ4n) is 4.43. The standard InChI is InChI=1S/C25H29ClN2O3/c1-2-17-6-3-4-7-21(17)24(30)18-9-10-23(19(14-18)16-29)28-13-11-20(15-28)31-25-22(26)8-5-12-27-25/h5-10,12,14,20,24,29-30H,2-4,11,13,15-16H2,1H3. The van der Waals surface area contributed by atoms with Crippen LogP contribution in [0.15, 0.2) is 59.8 Å². The van der Waals surface area contributed by atoms with Crippen LogP contribution in [-0.2, 0) is 6.61 Å². The fourth-order valence-corrected chi connectivity index (χ4v) is 4.60. The van der Waals surface area contributed by atoms with Gasteiger partial charge in [-0.1, -0.05) is 36.7 Å². The average molecular weight is 441 g/mol. The van der Waals surface area contributed by atoms with E-state index >= 15 is 0 Å². The van der Waals surface area contributed by atoms with Crippen LogP contribution >= 0.6 is 11.6 Å². The summed E-state index contributed by atoms with van der Waals surface area (Å²) in [6, 6.07) is 9.44. The third-order valence-corrected chi connectivity index (χ3v) is 6.33. The van der Waals surface area contributed by atoms with Gasteiger partial charge in [-0.05, 0) is 60.2 Å². The summed E-state index contributed by atoms with van der Waals surface area (Å²) in [5, 5.41) is 21.6. The maximum Gasteiger partial charge on any atom is 0.232 e. The van der Waals surface area contributed by atoms with Crippen LogP contribution in [0.25, 0.3) is 0 Å². The van der Waals surface area contributed by atoms with E-state index in [4.69, 9.17) is 16.3 Å². The highest BCUT2D eigenvalue weighted by atomic mass is 35.5. The second-order valence-electron chi connectivity index (χ2n) is 8.03. The second-order valence-corrected chi connectivity index (χ2v) is 8.44. The van der Waals surface area contributed by atoms with E-state index in [-0.39, 0.29) is 12.7 Å². The van der Waals surface area contributed by atoms with Gasteiger partial charge in [0.25, 0.3) is 0 Å². The van der Waals surface area contributed by atoms with E-state index in [0.717, 1.165) is 54.6 Å². The molecular formula is C25H29ClN2O3. The summed E-state index contributed by atoms with van der Waals surface area (Å²) >= 11 is 6.17. The molecule has 2 aliphatic rings. The van der Waals surface area contributed by atoms with E-state index in [1.807, 2.05) is 18.2 Å². The number of ether oxygens (including phenoxy) is 1. The Morgan fingerprint density at radius 1 is 1.26 bits per heavy atom. The number of rotatable bonds is 7. The van der Waals surface area contributed by atoms with Crippen molar-refractivity contribution in [2.45, 2.75) is 51.4 Å². The molecule has 2 unspecified atom stereocenters. The molecule has 0 spiro atoms. The van der Waals surface area contributed by atoms with E-state index in [1.54, 1.807) is 18.3 Å². The molecule has 1 aromatic heterocycles. The molecule has 31 heavy (non-hydrogen) atoms. The van der Waals surface area contributed by atoms with Gasteiger partial charge in [-0.25, -0.2) is 4.98 Å². The SMILES string of the molecule is CCC1=CCCC=C1C(O)c1ccc(N2CCC(Oc3ncccc3Cl)C2)c(CO)c1. The highest BCUT2D eigenvalue weighted by molar-refractivity contribution is 6.31. The maximum atomic E-state index is 11.0. The molecule has 0 radical (unpaired) electrons. The van der Waals surface area contributed by atoms with Gasteiger partial charge in [0.2, 0.25) is 5.88 Å². The Hall–Kier alpha value is -2.34. The highest BCUT2D eigenvalue weighted by Gasteiger charge is 2.27. The zero-order valence-electron chi connectivity index (χ0n) is 17.8. The number of allylic oxidation sites excluding steroid dienone is 2. The first-order chi connectivity index (χ1) is 15.1. The Morgan fingerprint density at radius 2 is 2.10 bits per heavy atom. The predicted octanol–water partition coefficient (Wildman–Crippen LogP) is 4.98. The topological polar surface area (TPSA) is 65.8 Å². The molecule has 1 fully saturated rings. The molecule has 0 bridgehead atoms. The lowest BCUT2D eigenvalue weighted by molar-refractivity contribution is 0.215. The Morgan fingerprint density at radius 3 is 2.87 bits per heavy atom. The first-order valence-corrected chi connectivity index (χ1v) is 11.3. The van der Waals surface area contributed by atoms with E-state index in [0.29, 0.717) is 17.4 Å². The highest BCUT2D eigenvalue weighted by Crippen LogP contribution is 2.35. The van der Waals surface area contributed by atoms with Gasteiger partial charge in [-0.3, -0.25) is 0 Å². The minimum Gasteiger partial charge on any atom is -0.471 e. The number of benzene rings is 1. The van der Waals surface area contributed by atoms with Gasteiger partial charge < -0.3 is 19.8 Å². The number of aliphatic hydroxyl groups is 2. The van der Waals surface area contributed by atoms with E-state index in [1.165, 1.54) is 5.57 Å². The van der Waals surface area contributed by atoms with Crippen molar-refractivity contribution >= 4 is 17.3 Å². The van der Waals surface area contributed by atoms with Crippen molar-refractivity contribution < 1.29 is 14.9 Å². The zero-order chi connectivity index (χ0) is 21.8. The molecule has 2 atom stereocenters. The lowest BCUT2D eigenvalue weighted by Crippen LogP contribution is -2.25. The number of pyridine rings is 1. The molecule has 2 aromatic rings. The first kappa shape index (κ1) is 21.9. The van der Waals surface area contributed by atoms with Gasteiger partial charge in [-0.15, -0.1) is 0 Å². The van der Waals surface area contributed by atoms with Crippen molar-refractivity contribution in [1.29, 1.82) is 0 Å². The number of aromatic nitrogens is 1. The number of nitrogens with zero attached hydrogens (tertiary/aromatic N) is 2. The van der Waals surface area contributed by atoms with Crippen LogP contribution in [0.1, 0.15) is 49.8 Å². The molecule has 2 heterocycles. The molecule has 164 valence electrons. The van der Waals surface area contributed by atoms with Gasteiger partial charge in [0, 0.05) is 30.4 Å². The molecular weight excluding hydrogens is 412 g/mol. The average Bonchev–Trinajstić information content (AvgIpc) is 3.28. The number of halogens is 1. The van der Waals surface area contributed by atoms with Crippen molar-refractivity contribution in [2.24, 2.45) is 0 Å². The molecule has 4 rings (SSSR count). The Kier molecular flexibility index (Phi) is 6.96. The predicted molar refractivity (Wildman–Crippen MR) is 124 cm³/mol. The van der Waals surface area contributed by atoms with Crippen LogP contribution in [0.5, 0.6) is 5.88 Å². The lowest BCUT2D eigenvalue weighted by atomic mass is 9.88. The molecule has 6 heteroatoms. The second kappa shape index (κ2) is 9.86. The maximum absolute atomic E-state index is 11.0. The summed E-state index contributed by atoms with van der Waals surface area (Å²) in [4.78, 5) is 6.42. The van der Waals surface area contributed by atoms with Crippen molar-refractivity contribution in [1.82, 2.24) is 4.98 Å². The molecule has 1 aliphatic heterocycles. The molecule has 1 aliphatic carbocycles. The summed E-state index contributed by atoms with van der Waals surface area (Å²) in [6.45, 7) is 3.54. The van der Waals surface area contributed by atoms with Crippen LogP contribution in [0, 0.1) is 0 Å². The molecule has 1 saturated heterocycles. The van der Waals surface area contributed by atoms with Crippen molar-refractivity contribution in [3.63, 3.8) is 0 Å². The number of aliphatic hydroxyl groups excluding tert-OH is 2. The molecule has 1 aromatic carbocycles. The van der Waals surface area contributed by atoms with Crippen LogP contribution in [0.3, 0.4) is 0 Å². The van der Waals surface area contributed by atoms with Gasteiger partial charge >= 0.3 is 0 Å². The van der Waals surface area contributed by atoms with Crippen LogP contribution < -0.4 is 9.64 Å². The Labute approximate surface area is 188 Å². The minimum absolute atomic E-state index is 0.0196. The normalized spacial score (nSPS) is 19.7. The third kappa shape index (κ3) is 4.79. The van der Waals surface area contributed by atoms with E-state index in [2.05, 4.69) is 29.0 Å². The summed E-state index contributed by atoms with van der Waals surface area (Å²) in [6.07, 6.45) is 9.07. The summed E-state index contributed by atoms with van der Waals surface area (Å²) < 4.78 is 6.00. The number of hydrogen-bond donors (Lipinski definition) is 2. The quantitative estimate of drug-likeness (QED) is 0.636. The van der Waals surface area contributed by atoms with Gasteiger partial charge in [0.15, 0.2) is 0 Å². The number of hydrogen-bond acceptors (Lipinski definition) is 5. The van der Waals surface area contributed by atoms with Gasteiger partial charge in [0.1, 0.15) is 17.2 Å². The summed E-state index contributed by atoms with van der Waals surface area (Å²) in [5.41, 5.74) is 4.80. The molecule has 5 nitrogen and oxygen atoms in total. The first-order valence-electron chi connectivity index (χ1n) is 10.9. The Bertz CT molecular complexity index is 988. The van der Waals surface area contributed by atoms with E-state index in [9.17, 15) is 10.2 Å². The van der Waals surface area contributed by atoms with E-state index < -0.39 is 6.10 Å².